The Bertz CT molecular complexity index is 632. The SMILES string of the molecule is CCN(Cc1nccn1Cc1ccc(OC)cc1)C(=O)C(C)C. The van der Waals surface area contributed by atoms with Crippen molar-refractivity contribution in [2.45, 2.75) is 33.9 Å². The van der Waals surface area contributed by atoms with Crippen molar-refractivity contribution in [1.29, 1.82) is 0 Å². The lowest BCUT2D eigenvalue weighted by Crippen LogP contribution is -2.34. The number of aromatic nitrogens is 2. The molecular formula is C18H25N3O2. The zero-order chi connectivity index (χ0) is 16.8. The number of carbonyl (C=O) groups excluding carboxylic acids is 1. The van der Waals surface area contributed by atoms with Crippen LogP contribution < -0.4 is 4.74 Å². The number of nitrogens with zero attached hydrogens (tertiary/aromatic N) is 3. The van der Waals surface area contributed by atoms with E-state index in [-0.39, 0.29) is 11.8 Å². The third-order valence-corrected chi connectivity index (χ3v) is 3.83. The summed E-state index contributed by atoms with van der Waals surface area (Å²) < 4.78 is 7.26. The van der Waals surface area contributed by atoms with E-state index in [0.717, 1.165) is 18.1 Å². The second-order valence-corrected chi connectivity index (χ2v) is 5.83. The highest BCUT2D eigenvalue weighted by Crippen LogP contribution is 2.14. The molecule has 0 saturated heterocycles. The fourth-order valence-electron chi connectivity index (χ4n) is 2.44. The van der Waals surface area contributed by atoms with Crippen molar-refractivity contribution in [1.82, 2.24) is 14.5 Å². The van der Waals surface area contributed by atoms with Crippen LogP contribution in [0.1, 0.15) is 32.2 Å². The largest absolute Gasteiger partial charge is 0.497 e. The summed E-state index contributed by atoms with van der Waals surface area (Å²) in [7, 11) is 1.66. The first kappa shape index (κ1) is 17.1. The van der Waals surface area contributed by atoms with E-state index in [1.54, 1.807) is 13.3 Å². The predicted octanol–water partition coefficient (Wildman–Crippen LogP) is 2.94. The molecular weight excluding hydrogens is 290 g/mol. The Balaban J connectivity index is 2.10. The van der Waals surface area contributed by atoms with Gasteiger partial charge >= 0.3 is 0 Å². The van der Waals surface area contributed by atoms with Crippen molar-refractivity contribution < 1.29 is 9.53 Å². The van der Waals surface area contributed by atoms with Gasteiger partial charge in [0.25, 0.3) is 0 Å². The lowest BCUT2D eigenvalue weighted by atomic mass is 10.2. The molecule has 0 atom stereocenters. The molecule has 0 aliphatic carbocycles. The number of methoxy groups -OCH3 is 1. The van der Waals surface area contributed by atoms with Gasteiger partial charge in [-0.25, -0.2) is 4.98 Å². The second kappa shape index (κ2) is 7.81. The first-order valence-corrected chi connectivity index (χ1v) is 7.96. The number of carbonyl (C=O) groups is 1. The van der Waals surface area contributed by atoms with Crippen LogP contribution in [0, 0.1) is 5.92 Å². The van der Waals surface area contributed by atoms with E-state index in [1.807, 2.05) is 56.1 Å². The van der Waals surface area contributed by atoms with Crippen LogP contribution in [0.5, 0.6) is 5.75 Å². The number of benzene rings is 1. The lowest BCUT2D eigenvalue weighted by molar-refractivity contribution is -0.135. The van der Waals surface area contributed by atoms with E-state index >= 15 is 0 Å². The van der Waals surface area contributed by atoms with Gasteiger partial charge in [-0.3, -0.25) is 4.79 Å². The molecule has 1 heterocycles. The van der Waals surface area contributed by atoms with Gasteiger partial charge in [-0.15, -0.1) is 0 Å². The monoisotopic (exact) mass is 315 g/mol. The van der Waals surface area contributed by atoms with Crippen LogP contribution in [-0.2, 0) is 17.9 Å². The summed E-state index contributed by atoms with van der Waals surface area (Å²) in [5, 5.41) is 0. The summed E-state index contributed by atoms with van der Waals surface area (Å²) in [6.45, 7) is 7.80. The Morgan fingerprint density at radius 3 is 2.57 bits per heavy atom. The Morgan fingerprint density at radius 2 is 2.00 bits per heavy atom. The molecule has 0 N–H and O–H groups in total. The molecule has 1 aromatic heterocycles. The van der Waals surface area contributed by atoms with Crippen LogP contribution in [0.4, 0.5) is 0 Å². The summed E-state index contributed by atoms with van der Waals surface area (Å²) in [4.78, 5) is 18.5. The molecule has 124 valence electrons. The van der Waals surface area contributed by atoms with E-state index in [0.29, 0.717) is 13.1 Å². The maximum Gasteiger partial charge on any atom is 0.225 e. The molecule has 0 saturated carbocycles. The Hall–Kier alpha value is -2.30. The minimum absolute atomic E-state index is 0.0000459. The van der Waals surface area contributed by atoms with Crippen LogP contribution in [0.25, 0.3) is 0 Å². The molecule has 0 fully saturated rings. The van der Waals surface area contributed by atoms with Gasteiger partial charge in [0.1, 0.15) is 11.6 Å². The average Bonchev–Trinajstić information content (AvgIpc) is 2.99. The quantitative estimate of drug-likeness (QED) is 0.789. The van der Waals surface area contributed by atoms with Gasteiger partial charge in [0.05, 0.1) is 13.7 Å². The van der Waals surface area contributed by atoms with Crippen LogP contribution in [0.3, 0.4) is 0 Å². The molecule has 0 radical (unpaired) electrons. The van der Waals surface area contributed by atoms with Crippen LogP contribution in [-0.4, -0.2) is 34.0 Å². The van der Waals surface area contributed by atoms with Gasteiger partial charge < -0.3 is 14.2 Å². The molecule has 5 heteroatoms. The fourth-order valence-corrected chi connectivity index (χ4v) is 2.44. The number of imidazole rings is 1. The molecule has 0 spiro atoms. The summed E-state index contributed by atoms with van der Waals surface area (Å²) in [6.07, 6.45) is 3.74. The molecule has 0 bridgehead atoms. The molecule has 2 rings (SSSR count). The highest BCUT2D eigenvalue weighted by molar-refractivity contribution is 5.77. The number of ether oxygens (including phenoxy) is 1. The Labute approximate surface area is 137 Å². The molecule has 0 aliphatic heterocycles. The minimum atomic E-state index is -0.0000459. The first-order valence-electron chi connectivity index (χ1n) is 7.96. The molecule has 23 heavy (non-hydrogen) atoms. The average molecular weight is 315 g/mol. The molecule has 0 unspecified atom stereocenters. The van der Waals surface area contributed by atoms with E-state index in [1.165, 1.54) is 5.56 Å². The van der Waals surface area contributed by atoms with Crippen molar-refractivity contribution in [3.63, 3.8) is 0 Å². The standard InChI is InChI=1S/C18H25N3O2/c1-5-20(18(22)14(2)3)13-17-19-10-11-21(17)12-15-6-8-16(23-4)9-7-15/h6-11,14H,5,12-13H2,1-4H3. The normalized spacial score (nSPS) is 10.8. The van der Waals surface area contributed by atoms with E-state index in [4.69, 9.17) is 4.74 Å². The van der Waals surface area contributed by atoms with Gasteiger partial charge in [0, 0.05) is 31.4 Å². The van der Waals surface area contributed by atoms with Gasteiger partial charge in [0.2, 0.25) is 5.91 Å². The van der Waals surface area contributed by atoms with E-state index < -0.39 is 0 Å². The maximum atomic E-state index is 12.2. The van der Waals surface area contributed by atoms with E-state index in [2.05, 4.69) is 9.55 Å². The number of rotatable bonds is 7. The zero-order valence-electron chi connectivity index (χ0n) is 14.3. The van der Waals surface area contributed by atoms with Crippen molar-refractivity contribution in [2.24, 2.45) is 5.92 Å². The summed E-state index contributed by atoms with van der Waals surface area (Å²) in [5.74, 6) is 1.91. The number of hydrogen-bond donors (Lipinski definition) is 0. The van der Waals surface area contributed by atoms with Crippen molar-refractivity contribution in [3.05, 3.63) is 48.0 Å². The molecule has 0 aliphatic rings. The van der Waals surface area contributed by atoms with E-state index in [9.17, 15) is 4.79 Å². The smallest absolute Gasteiger partial charge is 0.225 e. The fraction of sp³-hybridized carbons (Fsp3) is 0.444. The highest BCUT2D eigenvalue weighted by Gasteiger charge is 2.17. The van der Waals surface area contributed by atoms with Crippen molar-refractivity contribution in [2.75, 3.05) is 13.7 Å². The minimum Gasteiger partial charge on any atom is -0.497 e. The van der Waals surface area contributed by atoms with Crippen LogP contribution in [0.15, 0.2) is 36.7 Å². The summed E-state index contributed by atoms with van der Waals surface area (Å²) in [6, 6.07) is 7.98. The maximum absolute atomic E-state index is 12.2. The lowest BCUT2D eigenvalue weighted by Gasteiger charge is -2.23. The second-order valence-electron chi connectivity index (χ2n) is 5.83. The predicted molar refractivity (Wildman–Crippen MR) is 90.3 cm³/mol. The topological polar surface area (TPSA) is 47.4 Å². The molecule has 2 aromatic rings. The summed E-state index contributed by atoms with van der Waals surface area (Å²) in [5.41, 5.74) is 1.17. The summed E-state index contributed by atoms with van der Waals surface area (Å²) >= 11 is 0. The van der Waals surface area contributed by atoms with Gasteiger partial charge in [0.15, 0.2) is 0 Å². The first-order chi connectivity index (χ1) is 11.0. The van der Waals surface area contributed by atoms with Crippen LogP contribution in [0.2, 0.25) is 0 Å². The van der Waals surface area contributed by atoms with Gasteiger partial charge in [-0.1, -0.05) is 26.0 Å². The van der Waals surface area contributed by atoms with Crippen molar-refractivity contribution >= 4 is 5.91 Å². The molecule has 5 nitrogen and oxygen atoms in total. The van der Waals surface area contributed by atoms with Crippen LogP contribution >= 0.6 is 0 Å². The van der Waals surface area contributed by atoms with Gasteiger partial charge in [-0.2, -0.15) is 0 Å². The zero-order valence-corrected chi connectivity index (χ0v) is 14.3. The number of amides is 1. The third kappa shape index (κ3) is 4.34. The highest BCUT2D eigenvalue weighted by atomic mass is 16.5. The van der Waals surface area contributed by atoms with Gasteiger partial charge in [-0.05, 0) is 24.6 Å². The molecule has 1 aromatic carbocycles. The number of hydrogen-bond acceptors (Lipinski definition) is 3. The van der Waals surface area contributed by atoms with Crippen molar-refractivity contribution in [3.8, 4) is 5.75 Å². The third-order valence-electron chi connectivity index (χ3n) is 3.83. The molecule has 1 amide bonds. The Kier molecular flexibility index (Phi) is 5.79. The Morgan fingerprint density at radius 1 is 1.30 bits per heavy atom.